The van der Waals surface area contributed by atoms with Gasteiger partial charge in [-0.3, -0.25) is 0 Å². The molecule has 72 valence electrons. The van der Waals surface area contributed by atoms with Crippen molar-refractivity contribution in [2.24, 2.45) is 11.1 Å². The summed E-state index contributed by atoms with van der Waals surface area (Å²) in [6, 6.07) is 0. The summed E-state index contributed by atoms with van der Waals surface area (Å²) in [5.41, 5.74) is 0.807. The SMILES string of the molecule is CCN(CC)CC(C)/C(C)=N/O. The van der Waals surface area contributed by atoms with Gasteiger partial charge in [0.1, 0.15) is 0 Å². The monoisotopic (exact) mass is 172 g/mol. The van der Waals surface area contributed by atoms with E-state index in [1.165, 1.54) is 0 Å². The van der Waals surface area contributed by atoms with Crippen molar-refractivity contribution in [2.75, 3.05) is 19.6 Å². The first-order valence-corrected chi connectivity index (χ1v) is 4.56. The third-order valence-corrected chi connectivity index (χ3v) is 2.30. The van der Waals surface area contributed by atoms with Crippen LogP contribution in [0.1, 0.15) is 27.7 Å². The fourth-order valence-corrected chi connectivity index (χ4v) is 1.10. The maximum absolute atomic E-state index is 8.53. The van der Waals surface area contributed by atoms with Crippen molar-refractivity contribution in [3.8, 4) is 0 Å². The zero-order valence-electron chi connectivity index (χ0n) is 8.54. The van der Waals surface area contributed by atoms with Gasteiger partial charge in [0.15, 0.2) is 0 Å². The predicted octanol–water partition coefficient (Wildman–Crippen LogP) is 1.81. The lowest BCUT2D eigenvalue weighted by Crippen LogP contribution is -2.30. The lowest BCUT2D eigenvalue weighted by atomic mass is 10.1. The van der Waals surface area contributed by atoms with Gasteiger partial charge in [-0.15, -0.1) is 0 Å². The predicted molar refractivity (Wildman–Crippen MR) is 51.8 cm³/mol. The van der Waals surface area contributed by atoms with Gasteiger partial charge in [-0.2, -0.15) is 0 Å². The minimum absolute atomic E-state index is 0.342. The maximum atomic E-state index is 8.53. The van der Waals surface area contributed by atoms with Gasteiger partial charge in [0, 0.05) is 12.5 Å². The van der Waals surface area contributed by atoms with Crippen molar-refractivity contribution in [1.29, 1.82) is 0 Å². The Kier molecular flexibility index (Phi) is 5.72. The molecule has 3 nitrogen and oxygen atoms in total. The highest BCUT2D eigenvalue weighted by Crippen LogP contribution is 2.01. The molecule has 0 saturated carbocycles. The third-order valence-electron chi connectivity index (χ3n) is 2.30. The molecular formula is C9H20N2O. The standard InChI is InChI=1S/C9H20N2O/c1-5-11(6-2)7-8(3)9(4)10-12/h8,12H,5-7H2,1-4H3/b10-9+. The Bertz CT molecular complexity index is 141. The lowest BCUT2D eigenvalue weighted by molar-refractivity contribution is 0.277. The fourth-order valence-electron chi connectivity index (χ4n) is 1.10. The van der Waals surface area contributed by atoms with Crippen LogP contribution in [0.4, 0.5) is 0 Å². The molecule has 0 saturated heterocycles. The summed E-state index contributed by atoms with van der Waals surface area (Å²) in [5.74, 6) is 0.342. The Balaban J connectivity index is 3.89. The molecule has 0 aliphatic carbocycles. The highest BCUT2D eigenvalue weighted by Gasteiger charge is 2.09. The summed E-state index contributed by atoms with van der Waals surface area (Å²) >= 11 is 0. The normalized spacial score (nSPS) is 15.2. The third kappa shape index (κ3) is 3.72. The molecule has 0 aliphatic heterocycles. The van der Waals surface area contributed by atoms with E-state index >= 15 is 0 Å². The Morgan fingerprint density at radius 3 is 2.25 bits per heavy atom. The molecule has 1 N–H and O–H groups in total. The highest BCUT2D eigenvalue weighted by molar-refractivity contribution is 5.83. The quantitative estimate of drug-likeness (QED) is 0.390. The van der Waals surface area contributed by atoms with E-state index in [9.17, 15) is 0 Å². The van der Waals surface area contributed by atoms with Crippen LogP contribution < -0.4 is 0 Å². The molecule has 0 radical (unpaired) electrons. The van der Waals surface area contributed by atoms with E-state index in [1.807, 2.05) is 6.92 Å². The van der Waals surface area contributed by atoms with Gasteiger partial charge in [0.2, 0.25) is 0 Å². The van der Waals surface area contributed by atoms with Crippen molar-refractivity contribution in [3.63, 3.8) is 0 Å². The van der Waals surface area contributed by atoms with Crippen LogP contribution >= 0.6 is 0 Å². The van der Waals surface area contributed by atoms with Gasteiger partial charge in [-0.05, 0) is 20.0 Å². The first-order valence-electron chi connectivity index (χ1n) is 4.56. The number of hydrogen-bond acceptors (Lipinski definition) is 3. The molecule has 0 bridgehead atoms. The number of nitrogens with zero attached hydrogens (tertiary/aromatic N) is 2. The zero-order valence-corrected chi connectivity index (χ0v) is 8.54. The molecule has 0 aromatic carbocycles. The van der Waals surface area contributed by atoms with E-state index in [1.54, 1.807) is 0 Å². The molecule has 0 amide bonds. The van der Waals surface area contributed by atoms with E-state index < -0.39 is 0 Å². The van der Waals surface area contributed by atoms with Crippen LogP contribution in [-0.4, -0.2) is 35.5 Å². The number of hydrogen-bond donors (Lipinski definition) is 1. The van der Waals surface area contributed by atoms with Gasteiger partial charge in [-0.1, -0.05) is 25.9 Å². The van der Waals surface area contributed by atoms with Gasteiger partial charge in [-0.25, -0.2) is 0 Å². The summed E-state index contributed by atoms with van der Waals surface area (Å²) in [7, 11) is 0. The van der Waals surface area contributed by atoms with E-state index in [-0.39, 0.29) is 0 Å². The van der Waals surface area contributed by atoms with E-state index in [0.29, 0.717) is 5.92 Å². The average molecular weight is 172 g/mol. The van der Waals surface area contributed by atoms with Gasteiger partial charge in [0.05, 0.1) is 5.71 Å². The van der Waals surface area contributed by atoms with Crippen molar-refractivity contribution in [3.05, 3.63) is 0 Å². The molecule has 12 heavy (non-hydrogen) atoms. The molecular weight excluding hydrogens is 152 g/mol. The maximum Gasteiger partial charge on any atom is 0.0580 e. The molecule has 0 aromatic heterocycles. The minimum atomic E-state index is 0.342. The topological polar surface area (TPSA) is 35.8 Å². The molecule has 0 rings (SSSR count). The van der Waals surface area contributed by atoms with Crippen molar-refractivity contribution in [2.45, 2.75) is 27.7 Å². The second-order valence-corrected chi connectivity index (χ2v) is 3.13. The van der Waals surface area contributed by atoms with Crippen LogP contribution in [0.2, 0.25) is 0 Å². The minimum Gasteiger partial charge on any atom is -0.411 e. The number of rotatable bonds is 5. The molecule has 3 heteroatoms. The summed E-state index contributed by atoms with van der Waals surface area (Å²) in [5, 5.41) is 11.7. The summed E-state index contributed by atoms with van der Waals surface area (Å²) in [6.07, 6.45) is 0. The van der Waals surface area contributed by atoms with Crippen LogP contribution in [0.15, 0.2) is 5.16 Å². The zero-order chi connectivity index (χ0) is 9.56. The first-order chi connectivity index (χ1) is 5.65. The van der Waals surface area contributed by atoms with Crippen molar-refractivity contribution in [1.82, 2.24) is 4.90 Å². The van der Waals surface area contributed by atoms with Crippen LogP contribution in [0, 0.1) is 5.92 Å². The second-order valence-electron chi connectivity index (χ2n) is 3.13. The van der Waals surface area contributed by atoms with Crippen LogP contribution in [0.3, 0.4) is 0 Å². The van der Waals surface area contributed by atoms with E-state index in [2.05, 4.69) is 30.8 Å². The van der Waals surface area contributed by atoms with Gasteiger partial charge >= 0.3 is 0 Å². The lowest BCUT2D eigenvalue weighted by Gasteiger charge is -2.21. The number of oxime groups is 1. The second kappa shape index (κ2) is 6.00. The molecule has 0 aromatic rings. The molecule has 1 unspecified atom stereocenters. The largest absolute Gasteiger partial charge is 0.411 e. The molecule has 0 fully saturated rings. The van der Waals surface area contributed by atoms with Crippen molar-refractivity contribution < 1.29 is 5.21 Å². The van der Waals surface area contributed by atoms with E-state index in [0.717, 1.165) is 25.3 Å². The Labute approximate surface area is 75.1 Å². The summed E-state index contributed by atoms with van der Waals surface area (Å²) in [4.78, 5) is 2.32. The van der Waals surface area contributed by atoms with Crippen LogP contribution in [-0.2, 0) is 0 Å². The Hall–Kier alpha value is -0.570. The Morgan fingerprint density at radius 1 is 1.42 bits per heavy atom. The molecule has 1 atom stereocenters. The van der Waals surface area contributed by atoms with Gasteiger partial charge < -0.3 is 10.1 Å². The van der Waals surface area contributed by atoms with Crippen molar-refractivity contribution >= 4 is 5.71 Å². The van der Waals surface area contributed by atoms with E-state index in [4.69, 9.17) is 5.21 Å². The highest BCUT2D eigenvalue weighted by atomic mass is 16.4. The van der Waals surface area contributed by atoms with Gasteiger partial charge in [0.25, 0.3) is 0 Å². The Morgan fingerprint density at radius 2 is 1.92 bits per heavy atom. The average Bonchev–Trinajstić information content (AvgIpc) is 2.12. The summed E-state index contributed by atoms with van der Waals surface area (Å²) in [6.45, 7) is 11.3. The molecule has 0 spiro atoms. The van der Waals surface area contributed by atoms with Crippen LogP contribution in [0.5, 0.6) is 0 Å². The molecule has 0 heterocycles. The first kappa shape index (κ1) is 11.4. The molecule has 0 aliphatic rings. The fraction of sp³-hybridized carbons (Fsp3) is 0.889. The summed E-state index contributed by atoms with van der Waals surface area (Å²) < 4.78 is 0. The smallest absolute Gasteiger partial charge is 0.0580 e. The van der Waals surface area contributed by atoms with Crippen LogP contribution in [0.25, 0.3) is 0 Å².